The zero-order valence-electron chi connectivity index (χ0n) is 15.4. The number of hydrogen-bond donors (Lipinski definition) is 2. The highest BCUT2D eigenvalue weighted by atomic mass is 16.5. The second-order valence-corrected chi connectivity index (χ2v) is 6.56. The fourth-order valence-corrected chi connectivity index (χ4v) is 3.11. The average molecular weight is 385 g/mol. The van der Waals surface area contributed by atoms with Crippen molar-refractivity contribution in [2.24, 2.45) is 5.92 Å². The molecule has 29 heavy (non-hydrogen) atoms. The van der Waals surface area contributed by atoms with Crippen LogP contribution in [0.15, 0.2) is 46.1 Å². The molecule has 0 saturated heterocycles. The Labute approximate surface area is 165 Å². The molecule has 0 amide bonds. The molecule has 2 atom stereocenters. The molecule has 1 aromatic carbocycles. The quantitative estimate of drug-likeness (QED) is 0.659. The van der Waals surface area contributed by atoms with Gasteiger partial charge in [0.05, 0.1) is 18.2 Å². The minimum atomic E-state index is -0.587. The van der Waals surface area contributed by atoms with Crippen molar-refractivity contribution in [1.82, 2.24) is 20.2 Å². The molecule has 0 radical (unpaired) electrons. The van der Waals surface area contributed by atoms with Crippen molar-refractivity contribution in [3.05, 3.63) is 74.1 Å². The van der Waals surface area contributed by atoms with E-state index in [4.69, 9.17) is 4.74 Å². The van der Waals surface area contributed by atoms with Crippen molar-refractivity contribution >= 4 is 0 Å². The molecular weight excluding hydrogens is 370 g/mol. The number of nitrogens with zero attached hydrogens (tertiary/aromatic N) is 3. The maximum Gasteiger partial charge on any atom is 0.325 e. The lowest BCUT2D eigenvalue weighted by molar-refractivity contribution is 0.386. The number of benzene rings is 1. The van der Waals surface area contributed by atoms with Crippen LogP contribution in [-0.2, 0) is 0 Å². The Balaban J connectivity index is 1.65. The van der Waals surface area contributed by atoms with Crippen LogP contribution in [0.1, 0.15) is 29.0 Å². The van der Waals surface area contributed by atoms with Crippen LogP contribution in [0.25, 0.3) is 11.3 Å². The van der Waals surface area contributed by atoms with Crippen molar-refractivity contribution < 1.29 is 4.74 Å². The van der Waals surface area contributed by atoms with E-state index in [2.05, 4.69) is 38.1 Å². The van der Waals surface area contributed by atoms with Crippen molar-refractivity contribution in [3.8, 4) is 35.0 Å². The maximum atomic E-state index is 12.1. The van der Waals surface area contributed by atoms with Gasteiger partial charge in [0.15, 0.2) is 0 Å². The van der Waals surface area contributed by atoms with Crippen molar-refractivity contribution in [2.45, 2.75) is 12.3 Å². The summed E-state index contributed by atoms with van der Waals surface area (Å²) in [6.07, 6.45) is 2.12. The number of aromatic nitrogens is 4. The van der Waals surface area contributed by atoms with E-state index in [1.807, 2.05) is 12.1 Å². The zero-order valence-corrected chi connectivity index (χ0v) is 15.4. The molecule has 142 valence electrons. The molecule has 3 aromatic rings. The van der Waals surface area contributed by atoms with E-state index in [1.165, 1.54) is 13.3 Å². The minimum Gasteiger partial charge on any atom is -0.480 e. The number of aromatic amines is 2. The van der Waals surface area contributed by atoms with E-state index in [0.29, 0.717) is 22.7 Å². The Hall–Kier alpha value is -4.17. The molecule has 0 bridgehead atoms. The van der Waals surface area contributed by atoms with Crippen LogP contribution < -0.4 is 16.0 Å². The molecule has 8 heteroatoms. The summed E-state index contributed by atoms with van der Waals surface area (Å²) in [6, 6.07) is 11.1. The first-order valence-electron chi connectivity index (χ1n) is 8.85. The first-order chi connectivity index (χ1) is 14.1. The number of H-pyrrole nitrogens is 2. The van der Waals surface area contributed by atoms with Crippen molar-refractivity contribution in [2.75, 3.05) is 7.11 Å². The lowest BCUT2D eigenvalue weighted by Crippen LogP contribution is -2.23. The minimum absolute atomic E-state index is 0.0848. The summed E-state index contributed by atoms with van der Waals surface area (Å²) >= 11 is 0. The van der Waals surface area contributed by atoms with Gasteiger partial charge < -0.3 is 9.72 Å². The summed E-state index contributed by atoms with van der Waals surface area (Å²) in [7, 11) is 1.51. The summed E-state index contributed by atoms with van der Waals surface area (Å²) in [4.78, 5) is 27.9. The van der Waals surface area contributed by atoms with Crippen molar-refractivity contribution in [3.63, 3.8) is 0 Å². The molecule has 1 aliphatic rings. The summed E-state index contributed by atoms with van der Waals surface area (Å²) in [5.74, 6) is 6.83. The SMILES string of the molecule is COc1nnc(-c2c[nH]c(=O)[nH]c2=O)cc1[C@H]1C[C@@H]1C#Cc1ccccc1C#N. The fraction of sp³-hybridized carbons (Fsp3) is 0.190. The fourth-order valence-electron chi connectivity index (χ4n) is 3.11. The predicted molar refractivity (Wildman–Crippen MR) is 104 cm³/mol. The summed E-state index contributed by atoms with van der Waals surface area (Å²) in [5, 5.41) is 17.3. The third-order valence-corrected chi connectivity index (χ3v) is 4.71. The number of ether oxygens (including phenoxy) is 1. The van der Waals surface area contributed by atoms with E-state index in [-0.39, 0.29) is 17.4 Å². The number of hydrogen-bond acceptors (Lipinski definition) is 6. The summed E-state index contributed by atoms with van der Waals surface area (Å²) in [6.45, 7) is 0. The Kier molecular flexibility index (Phi) is 4.68. The van der Waals surface area contributed by atoms with Gasteiger partial charge in [-0.25, -0.2) is 4.79 Å². The normalized spacial score (nSPS) is 17.0. The molecule has 0 unspecified atom stereocenters. The third-order valence-electron chi connectivity index (χ3n) is 4.71. The molecule has 8 nitrogen and oxygen atoms in total. The molecule has 0 spiro atoms. The van der Waals surface area contributed by atoms with Gasteiger partial charge in [-0.15, -0.1) is 10.2 Å². The second-order valence-electron chi connectivity index (χ2n) is 6.56. The molecule has 0 aliphatic heterocycles. The van der Waals surface area contributed by atoms with Gasteiger partial charge in [-0.05, 0) is 24.6 Å². The topological polar surface area (TPSA) is 125 Å². The lowest BCUT2D eigenvalue weighted by atomic mass is 10.1. The molecule has 2 aromatic heterocycles. The highest BCUT2D eigenvalue weighted by Gasteiger charge is 2.40. The molecular formula is C21H15N5O3. The second kappa shape index (κ2) is 7.45. The van der Waals surface area contributed by atoms with Crippen LogP contribution in [0.3, 0.4) is 0 Å². The van der Waals surface area contributed by atoms with Crippen LogP contribution in [0.5, 0.6) is 5.88 Å². The van der Waals surface area contributed by atoms with Crippen LogP contribution in [-0.4, -0.2) is 27.3 Å². The molecule has 4 rings (SSSR count). The van der Waals surface area contributed by atoms with Gasteiger partial charge in [0.2, 0.25) is 5.88 Å². The maximum absolute atomic E-state index is 12.1. The lowest BCUT2D eigenvalue weighted by Gasteiger charge is -2.07. The largest absolute Gasteiger partial charge is 0.480 e. The zero-order chi connectivity index (χ0) is 20.4. The van der Waals surface area contributed by atoms with Gasteiger partial charge >= 0.3 is 5.69 Å². The number of rotatable bonds is 3. The van der Waals surface area contributed by atoms with Gasteiger partial charge in [-0.2, -0.15) is 5.26 Å². The Morgan fingerprint density at radius 3 is 2.72 bits per heavy atom. The molecule has 1 saturated carbocycles. The van der Waals surface area contributed by atoms with Crippen molar-refractivity contribution in [1.29, 1.82) is 5.26 Å². The highest BCUT2D eigenvalue weighted by molar-refractivity contribution is 5.59. The number of methoxy groups -OCH3 is 1. The van der Waals surface area contributed by atoms with E-state index < -0.39 is 11.2 Å². The molecule has 2 heterocycles. The highest BCUT2D eigenvalue weighted by Crippen LogP contribution is 2.49. The number of nitriles is 1. The molecule has 2 N–H and O–H groups in total. The smallest absolute Gasteiger partial charge is 0.325 e. The predicted octanol–water partition coefficient (Wildman–Crippen LogP) is 1.56. The Bertz CT molecular complexity index is 1310. The van der Waals surface area contributed by atoms with Crippen LogP contribution in [0.4, 0.5) is 0 Å². The van der Waals surface area contributed by atoms with Crippen LogP contribution in [0, 0.1) is 29.1 Å². The third kappa shape index (κ3) is 3.64. The standard InChI is InChI=1S/C21H15N5O3/c1-29-20-16(9-18(25-26-20)17-11-23-21(28)24-19(17)27)15-8-13(15)7-6-12-4-2-3-5-14(12)10-22/h2-5,9,11,13,15H,8H2,1H3,(H2,23,24,27,28)/t13-,15-/m0/s1. The Morgan fingerprint density at radius 1 is 1.21 bits per heavy atom. The van der Waals surface area contributed by atoms with Gasteiger partial charge in [-0.3, -0.25) is 9.78 Å². The van der Waals surface area contributed by atoms with Gasteiger partial charge in [0.1, 0.15) is 11.8 Å². The molecule has 1 fully saturated rings. The van der Waals surface area contributed by atoms with E-state index in [9.17, 15) is 14.9 Å². The van der Waals surface area contributed by atoms with Crippen LogP contribution in [0.2, 0.25) is 0 Å². The van der Waals surface area contributed by atoms with E-state index >= 15 is 0 Å². The first-order valence-corrected chi connectivity index (χ1v) is 8.85. The number of nitrogens with one attached hydrogen (secondary N) is 2. The van der Waals surface area contributed by atoms with Crippen LogP contribution >= 0.6 is 0 Å². The monoisotopic (exact) mass is 385 g/mol. The Morgan fingerprint density at radius 2 is 2.00 bits per heavy atom. The van der Waals surface area contributed by atoms with Gasteiger partial charge in [0.25, 0.3) is 5.56 Å². The van der Waals surface area contributed by atoms with Gasteiger partial charge in [0, 0.05) is 29.2 Å². The van der Waals surface area contributed by atoms with E-state index in [1.54, 1.807) is 18.2 Å². The summed E-state index contributed by atoms with van der Waals surface area (Å²) in [5.41, 5.74) is 1.46. The average Bonchev–Trinajstić information content (AvgIpc) is 3.51. The molecule has 1 aliphatic carbocycles. The summed E-state index contributed by atoms with van der Waals surface area (Å²) < 4.78 is 5.33. The van der Waals surface area contributed by atoms with E-state index in [0.717, 1.165) is 12.0 Å². The first kappa shape index (κ1) is 18.2. The van der Waals surface area contributed by atoms with Gasteiger partial charge in [-0.1, -0.05) is 24.0 Å².